The van der Waals surface area contributed by atoms with Crippen LogP contribution in [0.3, 0.4) is 0 Å². The summed E-state index contributed by atoms with van der Waals surface area (Å²) < 4.78 is 10.6. The van der Waals surface area contributed by atoms with Crippen molar-refractivity contribution in [1.82, 2.24) is 5.32 Å². The summed E-state index contributed by atoms with van der Waals surface area (Å²) in [6, 6.07) is 6.43. The van der Waals surface area contributed by atoms with Gasteiger partial charge in [0.15, 0.2) is 0 Å². The van der Waals surface area contributed by atoms with Gasteiger partial charge < -0.3 is 19.9 Å². The van der Waals surface area contributed by atoms with E-state index >= 15 is 0 Å². The molecule has 0 heterocycles. The molecule has 0 radical (unpaired) electrons. The molecule has 156 valence electrons. The first-order valence-electron chi connectivity index (χ1n) is 8.91. The molecule has 0 aromatic heterocycles. The van der Waals surface area contributed by atoms with E-state index in [0.717, 1.165) is 28.9 Å². The number of allylic oxidation sites excluding steroid dienone is 1. The maximum absolute atomic E-state index is 12.0. The van der Waals surface area contributed by atoms with Crippen molar-refractivity contribution in [3.05, 3.63) is 67.3 Å². The average Bonchev–Trinajstić information content (AvgIpc) is 2.68. The average molecular weight is 401 g/mol. The zero-order chi connectivity index (χ0) is 22.2. The lowest BCUT2D eigenvalue weighted by atomic mass is 9.75. The summed E-state index contributed by atoms with van der Waals surface area (Å²) in [6.07, 6.45) is -0.414. The third-order valence-corrected chi connectivity index (χ3v) is 4.47. The van der Waals surface area contributed by atoms with Gasteiger partial charge in [-0.3, -0.25) is 0 Å². The van der Waals surface area contributed by atoms with Crippen LogP contribution in [-0.4, -0.2) is 41.9 Å². The first kappa shape index (κ1) is 23.7. The van der Waals surface area contributed by atoms with Crippen LogP contribution >= 0.6 is 0 Å². The van der Waals surface area contributed by atoms with Crippen LogP contribution < -0.4 is 5.32 Å². The summed E-state index contributed by atoms with van der Waals surface area (Å²) >= 11 is 0. The molecule has 2 unspecified atom stereocenters. The van der Waals surface area contributed by atoms with Crippen molar-refractivity contribution in [3.8, 4) is 0 Å². The molecular formula is C22H27NO6. The Morgan fingerprint density at radius 2 is 1.83 bits per heavy atom. The van der Waals surface area contributed by atoms with Crippen LogP contribution in [0, 0.1) is 0 Å². The summed E-state index contributed by atoms with van der Waals surface area (Å²) in [5.74, 6) is -1.45. The Kier molecular flexibility index (Phi) is 8.38. The number of hydrogen-bond acceptors (Lipinski definition) is 5. The Hall–Kier alpha value is -3.35. The number of carbonyl (C=O) groups excluding carboxylic acids is 2. The molecule has 0 spiro atoms. The van der Waals surface area contributed by atoms with E-state index in [2.05, 4.69) is 25.1 Å². The second kappa shape index (κ2) is 10.3. The fourth-order valence-electron chi connectivity index (χ4n) is 2.85. The van der Waals surface area contributed by atoms with Gasteiger partial charge in [-0.25, -0.2) is 14.4 Å². The molecule has 0 saturated heterocycles. The minimum atomic E-state index is -1.35. The largest absolute Gasteiger partial charge is 0.465 e. The minimum Gasteiger partial charge on any atom is -0.465 e. The number of hydrogen-bond donors (Lipinski definition) is 2. The molecule has 2 N–H and O–H groups in total. The molecule has 0 aliphatic carbocycles. The normalized spacial score (nSPS) is 12.8. The van der Waals surface area contributed by atoms with Crippen molar-refractivity contribution < 1.29 is 29.0 Å². The van der Waals surface area contributed by atoms with E-state index in [0.29, 0.717) is 0 Å². The van der Waals surface area contributed by atoms with Gasteiger partial charge in [0.25, 0.3) is 0 Å². The number of benzene rings is 1. The van der Waals surface area contributed by atoms with Gasteiger partial charge in [-0.2, -0.15) is 0 Å². The van der Waals surface area contributed by atoms with E-state index in [1.54, 1.807) is 13.8 Å². The van der Waals surface area contributed by atoms with Crippen molar-refractivity contribution in [2.45, 2.75) is 38.3 Å². The van der Waals surface area contributed by atoms with E-state index < -0.39 is 35.6 Å². The van der Waals surface area contributed by atoms with Gasteiger partial charge in [0.05, 0.1) is 0 Å². The lowest BCUT2D eigenvalue weighted by Crippen LogP contribution is -2.55. The Labute approximate surface area is 170 Å². The van der Waals surface area contributed by atoms with Crippen molar-refractivity contribution in [1.29, 1.82) is 0 Å². The third-order valence-electron chi connectivity index (χ3n) is 4.47. The number of amides is 1. The van der Waals surface area contributed by atoms with Crippen molar-refractivity contribution in [2.75, 3.05) is 6.61 Å². The Bertz CT molecular complexity index is 811. The van der Waals surface area contributed by atoms with Gasteiger partial charge in [-0.05, 0) is 18.1 Å². The molecule has 1 aromatic carbocycles. The van der Waals surface area contributed by atoms with Crippen LogP contribution in [0.2, 0.25) is 0 Å². The molecule has 0 fully saturated rings. The smallest absolute Gasteiger partial charge is 0.405 e. The molecular weight excluding hydrogens is 374 g/mol. The van der Waals surface area contributed by atoms with Crippen LogP contribution in [0.15, 0.2) is 56.2 Å². The quantitative estimate of drug-likeness (QED) is 0.460. The van der Waals surface area contributed by atoms with Crippen molar-refractivity contribution in [3.63, 3.8) is 0 Å². The number of carbonyl (C=O) groups is 3. The van der Waals surface area contributed by atoms with E-state index in [1.807, 2.05) is 31.2 Å². The Balaban J connectivity index is 3.41. The van der Waals surface area contributed by atoms with E-state index in [9.17, 15) is 19.5 Å². The monoisotopic (exact) mass is 401 g/mol. The third kappa shape index (κ3) is 6.64. The number of carboxylic acid groups (broad SMARTS) is 1. The predicted molar refractivity (Wildman–Crippen MR) is 110 cm³/mol. The summed E-state index contributed by atoms with van der Waals surface area (Å²) in [7, 11) is 0. The minimum absolute atomic E-state index is 0.351. The Morgan fingerprint density at radius 1 is 1.21 bits per heavy atom. The van der Waals surface area contributed by atoms with Crippen LogP contribution in [0.5, 0.6) is 0 Å². The molecule has 7 nitrogen and oxygen atoms in total. The van der Waals surface area contributed by atoms with Crippen LogP contribution in [0.4, 0.5) is 4.79 Å². The number of ether oxygens (including phenoxy) is 2. The summed E-state index contributed by atoms with van der Waals surface area (Å²) in [6.45, 7) is 15.8. The summed E-state index contributed by atoms with van der Waals surface area (Å²) in [4.78, 5) is 34.8. The molecule has 0 aliphatic heterocycles. The van der Waals surface area contributed by atoms with Gasteiger partial charge >= 0.3 is 18.0 Å². The second-order valence-electron chi connectivity index (χ2n) is 7.03. The second-order valence-corrected chi connectivity index (χ2v) is 7.03. The van der Waals surface area contributed by atoms with Crippen LogP contribution in [-0.2, 0) is 24.5 Å². The molecule has 0 bridgehead atoms. The molecule has 1 amide bonds. The van der Waals surface area contributed by atoms with Crippen molar-refractivity contribution >= 4 is 23.6 Å². The molecule has 0 saturated carbocycles. The molecule has 7 heteroatoms. The fourth-order valence-corrected chi connectivity index (χ4v) is 2.85. The summed E-state index contributed by atoms with van der Waals surface area (Å²) in [5.41, 5.74) is 1.66. The van der Waals surface area contributed by atoms with Gasteiger partial charge in [-0.15, -0.1) is 0 Å². The zero-order valence-corrected chi connectivity index (χ0v) is 16.9. The van der Waals surface area contributed by atoms with Gasteiger partial charge in [-0.1, -0.05) is 63.4 Å². The van der Waals surface area contributed by atoms with Gasteiger partial charge in [0.1, 0.15) is 18.8 Å². The first-order valence-corrected chi connectivity index (χ1v) is 8.91. The molecule has 1 rings (SSSR count). The highest BCUT2D eigenvalue weighted by Crippen LogP contribution is 2.33. The SMILES string of the molecule is C=CC(=O)OCC(NC(=O)O)C(OC(=O)C=C)C(C)(C)c1cccc(C(=C)C)c1. The highest BCUT2D eigenvalue weighted by atomic mass is 16.6. The van der Waals surface area contributed by atoms with E-state index in [1.165, 1.54) is 0 Å². The molecule has 1 aromatic rings. The number of rotatable bonds is 10. The van der Waals surface area contributed by atoms with Gasteiger partial charge in [0.2, 0.25) is 0 Å². The summed E-state index contributed by atoms with van der Waals surface area (Å²) in [5, 5.41) is 11.5. The molecule has 29 heavy (non-hydrogen) atoms. The lowest BCUT2D eigenvalue weighted by molar-refractivity contribution is -0.151. The first-order chi connectivity index (χ1) is 13.5. The van der Waals surface area contributed by atoms with Crippen LogP contribution in [0.25, 0.3) is 5.57 Å². The standard InChI is InChI=1S/C22H27NO6/c1-7-18(24)28-13-17(23-21(26)27)20(29-19(25)8-2)22(5,6)16-11-9-10-15(12-16)14(3)4/h7-12,17,20,23H,1-3,13H2,4-6H3,(H,26,27). The van der Waals surface area contributed by atoms with Gasteiger partial charge in [0, 0.05) is 17.6 Å². The topological polar surface area (TPSA) is 102 Å². The number of nitrogens with one attached hydrogen (secondary N) is 1. The fraction of sp³-hybridized carbons (Fsp3) is 0.318. The predicted octanol–water partition coefficient (Wildman–Crippen LogP) is 3.46. The highest BCUT2D eigenvalue weighted by Gasteiger charge is 2.41. The van der Waals surface area contributed by atoms with E-state index in [-0.39, 0.29) is 6.61 Å². The van der Waals surface area contributed by atoms with E-state index in [4.69, 9.17) is 9.47 Å². The number of esters is 2. The molecule has 0 aliphatic rings. The highest BCUT2D eigenvalue weighted by molar-refractivity contribution is 5.82. The zero-order valence-electron chi connectivity index (χ0n) is 16.9. The Morgan fingerprint density at radius 3 is 2.34 bits per heavy atom. The maximum Gasteiger partial charge on any atom is 0.405 e. The molecule has 2 atom stereocenters. The lowest BCUT2D eigenvalue weighted by Gasteiger charge is -2.38. The maximum atomic E-state index is 12.0. The van der Waals surface area contributed by atoms with Crippen LogP contribution in [0.1, 0.15) is 31.9 Å². The van der Waals surface area contributed by atoms with Crippen molar-refractivity contribution in [2.24, 2.45) is 0 Å².